The van der Waals surface area contributed by atoms with E-state index in [9.17, 15) is 13.2 Å². The Bertz CT molecular complexity index is 597. The van der Waals surface area contributed by atoms with Gasteiger partial charge < -0.3 is 10.1 Å². The molecule has 0 aliphatic carbocycles. The van der Waals surface area contributed by atoms with Crippen LogP contribution in [0.25, 0.3) is 0 Å². The SMILES string of the molecule is CCCNS(=O)(=O)c1ccc(O[C@@H](C)C(=O)NCC(C)C)cc1. The maximum atomic E-state index is 12.0. The van der Waals surface area contributed by atoms with Crippen LogP contribution in [0.15, 0.2) is 29.2 Å². The van der Waals surface area contributed by atoms with Crippen LogP contribution in [0, 0.1) is 5.92 Å². The number of rotatable bonds is 9. The molecule has 0 heterocycles. The van der Waals surface area contributed by atoms with Gasteiger partial charge in [-0.05, 0) is 43.5 Å². The van der Waals surface area contributed by atoms with Gasteiger partial charge in [0.15, 0.2) is 6.10 Å². The van der Waals surface area contributed by atoms with E-state index in [0.29, 0.717) is 24.8 Å². The van der Waals surface area contributed by atoms with E-state index < -0.39 is 16.1 Å². The zero-order valence-corrected chi connectivity index (χ0v) is 14.9. The van der Waals surface area contributed by atoms with E-state index in [4.69, 9.17) is 4.74 Å². The first kappa shape index (κ1) is 19.4. The largest absolute Gasteiger partial charge is 0.481 e. The predicted octanol–water partition coefficient (Wildman–Crippen LogP) is 1.91. The molecule has 1 amide bonds. The lowest BCUT2D eigenvalue weighted by atomic mass is 10.2. The van der Waals surface area contributed by atoms with Crippen LogP contribution in [0.4, 0.5) is 0 Å². The molecule has 7 heteroatoms. The summed E-state index contributed by atoms with van der Waals surface area (Å²) in [5, 5.41) is 2.79. The fraction of sp³-hybridized carbons (Fsp3) is 0.562. The van der Waals surface area contributed by atoms with Gasteiger partial charge in [-0.15, -0.1) is 0 Å². The quantitative estimate of drug-likeness (QED) is 0.718. The number of hydrogen-bond donors (Lipinski definition) is 2. The Morgan fingerprint density at radius 3 is 2.30 bits per heavy atom. The second kappa shape index (κ2) is 8.88. The highest BCUT2D eigenvalue weighted by atomic mass is 32.2. The van der Waals surface area contributed by atoms with Crippen LogP contribution in [-0.2, 0) is 14.8 Å². The average Bonchev–Trinajstić information content (AvgIpc) is 2.51. The minimum Gasteiger partial charge on any atom is -0.481 e. The Hall–Kier alpha value is -1.60. The minimum absolute atomic E-state index is 0.176. The van der Waals surface area contributed by atoms with Gasteiger partial charge in [-0.1, -0.05) is 20.8 Å². The van der Waals surface area contributed by atoms with Crippen LogP contribution in [0.5, 0.6) is 5.75 Å². The monoisotopic (exact) mass is 342 g/mol. The summed E-state index contributed by atoms with van der Waals surface area (Å²) in [7, 11) is -3.49. The van der Waals surface area contributed by atoms with Crippen molar-refractivity contribution >= 4 is 15.9 Å². The van der Waals surface area contributed by atoms with Crippen molar-refractivity contribution in [2.24, 2.45) is 5.92 Å². The van der Waals surface area contributed by atoms with E-state index >= 15 is 0 Å². The molecule has 0 radical (unpaired) electrons. The highest BCUT2D eigenvalue weighted by Crippen LogP contribution is 2.17. The molecule has 1 aromatic rings. The third kappa shape index (κ3) is 6.58. The summed E-state index contributed by atoms with van der Waals surface area (Å²) in [6, 6.07) is 6.03. The van der Waals surface area contributed by atoms with Gasteiger partial charge in [0.05, 0.1) is 4.90 Å². The van der Waals surface area contributed by atoms with E-state index in [0.717, 1.165) is 6.42 Å². The van der Waals surface area contributed by atoms with E-state index in [1.807, 2.05) is 20.8 Å². The molecule has 1 aromatic carbocycles. The predicted molar refractivity (Wildman–Crippen MR) is 89.9 cm³/mol. The standard InChI is InChI=1S/C16H26N2O4S/c1-5-10-18-23(20,21)15-8-6-14(7-9-15)22-13(4)16(19)17-11-12(2)3/h6-9,12-13,18H,5,10-11H2,1-4H3,(H,17,19)/t13-/m0/s1. The molecular weight excluding hydrogens is 316 g/mol. The number of hydrogen-bond acceptors (Lipinski definition) is 4. The number of nitrogens with one attached hydrogen (secondary N) is 2. The summed E-state index contributed by atoms with van der Waals surface area (Å²) < 4.78 is 32.0. The van der Waals surface area contributed by atoms with Crippen molar-refractivity contribution in [2.75, 3.05) is 13.1 Å². The summed E-state index contributed by atoms with van der Waals surface area (Å²) in [5.41, 5.74) is 0. The van der Waals surface area contributed by atoms with E-state index in [1.165, 1.54) is 12.1 Å². The van der Waals surface area contributed by atoms with Crippen LogP contribution < -0.4 is 14.8 Å². The van der Waals surface area contributed by atoms with Crippen molar-refractivity contribution in [1.29, 1.82) is 0 Å². The minimum atomic E-state index is -3.49. The average molecular weight is 342 g/mol. The molecule has 0 spiro atoms. The first-order valence-electron chi connectivity index (χ1n) is 7.80. The zero-order valence-electron chi connectivity index (χ0n) is 14.1. The molecule has 0 aromatic heterocycles. The normalized spacial score (nSPS) is 12.9. The maximum absolute atomic E-state index is 12.0. The van der Waals surface area contributed by atoms with Gasteiger partial charge in [-0.3, -0.25) is 4.79 Å². The molecular formula is C16H26N2O4S. The summed E-state index contributed by atoms with van der Waals surface area (Å²) in [4.78, 5) is 12.0. The van der Waals surface area contributed by atoms with E-state index in [-0.39, 0.29) is 10.8 Å². The first-order chi connectivity index (χ1) is 10.8. The molecule has 0 bridgehead atoms. The third-order valence-electron chi connectivity index (χ3n) is 3.04. The summed E-state index contributed by atoms with van der Waals surface area (Å²) in [5.74, 6) is 0.623. The molecule has 6 nitrogen and oxygen atoms in total. The molecule has 1 atom stereocenters. The Kier molecular flexibility index (Phi) is 7.51. The molecule has 0 aliphatic rings. The smallest absolute Gasteiger partial charge is 0.260 e. The van der Waals surface area contributed by atoms with Gasteiger partial charge in [0.2, 0.25) is 10.0 Å². The number of carbonyl (C=O) groups excluding carboxylic acids is 1. The number of benzene rings is 1. The van der Waals surface area contributed by atoms with Gasteiger partial charge in [0, 0.05) is 13.1 Å². The maximum Gasteiger partial charge on any atom is 0.260 e. The number of ether oxygens (including phenoxy) is 1. The lowest BCUT2D eigenvalue weighted by molar-refractivity contribution is -0.127. The summed E-state index contributed by atoms with van der Waals surface area (Å²) in [6.45, 7) is 8.56. The molecule has 0 aliphatic heterocycles. The summed E-state index contributed by atoms with van der Waals surface area (Å²) in [6.07, 6.45) is 0.0816. The van der Waals surface area contributed by atoms with Crippen molar-refractivity contribution in [1.82, 2.24) is 10.0 Å². The van der Waals surface area contributed by atoms with Gasteiger partial charge in [-0.25, -0.2) is 13.1 Å². The molecule has 0 fully saturated rings. The van der Waals surface area contributed by atoms with Crippen LogP contribution >= 0.6 is 0 Å². The number of amides is 1. The van der Waals surface area contributed by atoms with Crippen molar-refractivity contribution < 1.29 is 17.9 Å². The molecule has 2 N–H and O–H groups in total. The summed E-state index contributed by atoms with van der Waals surface area (Å²) >= 11 is 0. The Morgan fingerprint density at radius 1 is 1.17 bits per heavy atom. The Balaban J connectivity index is 2.65. The number of sulfonamides is 1. The number of carbonyl (C=O) groups is 1. The molecule has 0 saturated heterocycles. The van der Waals surface area contributed by atoms with Crippen LogP contribution in [-0.4, -0.2) is 33.5 Å². The fourth-order valence-electron chi connectivity index (χ4n) is 1.72. The van der Waals surface area contributed by atoms with Crippen LogP contribution in [0.2, 0.25) is 0 Å². The zero-order chi connectivity index (χ0) is 17.5. The Morgan fingerprint density at radius 2 is 1.78 bits per heavy atom. The molecule has 130 valence electrons. The van der Waals surface area contributed by atoms with Gasteiger partial charge >= 0.3 is 0 Å². The molecule has 1 rings (SSSR count). The van der Waals surface area contributed by atoms with Crippen molar-refractivity contribution in [2.45, 2.75) is 45.1 Å². The molecule has 0 saturated carbocycles. The van der Waals surface area contributed by atoms with E-state index in [1.54, 1.807) is 19.1 Å². The third-order valence-corrected chi connectivity index (χ3v) is 4.52. The van der Waals surface area contributed by atoms with Crippen molar-refractivity contribution in [3.8, 4) is 5.75 Å². The topological polar surface area (TPSA) is 84.5 Å². The second-order valence-corrected chi connectivity index (χ2v) is 7.54. The lowest BCUT2D eigenvalue weighted by Gasteiger charge is -2.16. The highest BCUT2D eigenvalue weighted by molar-refractivity contribution is 7.89. The van der Waals surface area contributed by atoms with Crippen molar-refractivity contribution in [3.63, 3.8) is 0 Å². The lowest BCUT2D eigenvalue weighted by Crippen LogP contribution is -2.38. The van der Waals surface area contributed by atoms with Gasteiger partial charge in [0.1, 0.15) is 5.75 Å². The van der Waals surface area contributed by atoms with E-state index in [2.05, 4.69) is 10.0 Å². The first-order valence-corrected chi connectivity index (χ1v) is 9.28. The second-order valence-electron chi connectivity index (χ2n) is 5.77. The molecule has 0 unspecified atom stereocenters. The van der Waals surface area contributed by atoms with Gasteiger partial charge in [-0.2, -0.15) is 0 Å². The Labute approximate surface area is 138 Å². The molecule has 23 heavy (non-hydrogen) atoms. The highest BCUT2D eigenvalue weighted by Gasteiger charge is 2.16. The van der Waals surface area contributed by atoms with Crippen LogP contribution in [0.3, 0.4) is 0 Å². The van der Waals surface area contributed by atoms with Crippen LogP contribution in [0.1, 0.15) is 34.1 Å². The van der Waals surface area contributed by atoms with Gasteiger partial charge in [0.25, 0.3) is 5.91 Å². The van der Waals surface area contributed by atoms with Crippen molar-refractivity contribution in [3.05, 3.63) is 24.3 Å². The fourth-order valence-corrected chi connectivity index (χ4v) is 2.86.